The first kappa shape index (κ1) is 11.0. The molecule has 2 aromatic heterocycles. The van der Waals surface area contributed by atoms with Crippen molar-refractivity contribution < 1.29 is 4.74 Å². The predicted octanol–water partition coefficient (Wildman–Crippen LogP) is 3.30. The van der Waals surface area contributed by atoms with Gasteiger partial charge in [0, 0.05) is 11.4 Å². The molecular weight excluding hydrogens is 232 g/mol. The predicted molar refractivity (Wildman–Crippen MR) is 70.8 cm³/mol. The molecule has 0 aliphatic carbocycles. The largest absolute Gasteiger partial charge is 0.482 e. The first-order valence-corrected chi connectivity index (χ1v) is 7.07. The van der Waals surface area contributed by atoms with Gasteiger partial charge in [-0.05, 0) is 30.7 Å². The summed E-state index contributed by atoms with van der Waals surface area (Å²) in [5, 5.41) is 0.563. The molecule has 1 atom stereocenters. The third-order valence-corrected chi connectivity index (χ3v) is 4.60. The smallest absolute Gasteiger partial charge is 0.198 e. The van der Waals surface area contributed by atoms with E-state index in [0.717, 1.165) is 11.5 Å². The van der Waals surface area contributed by atoms with Crippen molar-refractivity contribution in [3.63, 3.8) is 0 Å². The van der Waals surface area contributed by atoms with E-state index < -0.39 is 0 Å². The summed E-state index contributed by atoms with van der Waals surface area (Å²) >= 11 is 2.03. The molecule has 0 radical (unpaired) electrons. The number of rotatable bonds is 2. The molecule has 1 aliphatic rings. The summed E-state index contributed by atoms with van der Waals surface area (Å²) in [5.74, 6) is 2.11. The summed E-state index contributed by atoms with van der Waals surface area (Å²) in [5.41, 5.74) is 2.17. The number of methoxy groups -OCH3 is 1. The highest BCUT2D eigenvalue weighted by atomic mass is 32.2. The van der Waals surface area contributed by atoms with Crippen LogP contribution in [0.3, 0.4) is 0 Å². The molecule has 2 aromatic rings. The summed E-state index contributed by atoms with van der Waals surface area (Å²) in [6.45, 7) is 0. The molecule has 17 heavy (non-hydrogen) atoms. The van der Waals surface area contributed by atoms with Gasteiger partial charge in [-0.3, -0.25) is 4.40 Å². The standard InChI is InChI=1S/C13H16N2OS/c1-16-13-7-4-6-12-14-10(9-15(12)13)11-5-2-3-8-17-11/h4,6-7,9,11H,2-3,5,8H2,1H3. The van der Waals surface area contributed by atoms with E-state index in [1.807, 2.05) is 34.4 Å². The van der Waals surface area contributed by atoms with Gasteiger partial charge in [-0.25, -0.2) is 4.98 Å². The molecule has 0 bridgehead atoms. The van der Waals surface area contributed by atoms with Gasteiger partial charge in [-0.2, -0.15) is 11.8 Å². The Kier molecular flexibility index (Phi) is 2.97. The van der Waals surface area contributed by atoms with Crippen molar-refractivity contribution in [2.75, 3.05) is 12.9 Å². The lowest BCUT2D eigenvalue weighted by molar-refractivity contribution is 0.392. The molecule has 3 heterocycles. The zero-order chi connectivity index (χ0) is 11.7. The zero-order valence-corrected chi connectivity index (χ0v) is 10.7. The van der Waals surface area contributed by atoms with Crippen molar-refractivity contribution >= 4 is 17.4 Å². The van der Waals surface area contributed by atoms with E-state index in [1.54, 1.807) is 7.11 Å². The number of hydrogen-bond acceptors (Lipinski definition) is 3. The summed E-state index contributed by atoms with van der Waals surface area (Å²) in [4.78, 5) is 4.71. The van der Waals surface area contributed by atoms with Crippen LogP contribution in [0.1, 0.15) is 30.2 Å². The Balaban J connectivity index is 2.00. The van der Waals surface area contributed by atoms with Crippen LogP contribution in [0.2, 0.25) is 0 Å². The van der Waals surface area contributed by atoms with Crippen LogP contribution >= 0.6 is 11.8 Å². The first-order chi connectivity index (χ1) is 8.38. The molecule has 1 fully saturated rings. The number of pyridine rings is 1. The molecule has 3 rings (SSSR count). The fraction of sp³-hybridized carbons (Fsp3) is 0.462. The van der Waals surface area contributed by atoms with E-state index in [-0.39, 0.29) is 0 Å². The maximum Gasteiger partial charge on any atom is 0.198 e. The lowest BCUT2D eigenvalue weighted by Crippen LogP contribution is -2.02. The van der Waals surface area contributed by atoms with Gasteiger partial charge in [0.1, 0.15) is 5.65 Å². The second kappa shape index (κ2) is 4.61. The monoisotopic (exact) mass is 248 g/mol. The van der Waals surface area contributed by atoms with Crippen molar-refractivity contribution in [3.8, 4) is 5.88 Å². The van der Waals surface area contributed by atoms with Crippen molar-refractivity contribution in [1.29, 1.82) is 0 Å². The molecular formula is C13H16N2OS. The van der Waals surface area contributed by atoms with E-state index in [0.29, 0.717) is 5.25 Å². The van der Waals surface area contributed by atoms with E-state index in [1.165, 1.54) is 30.7 Å². The molecule has 90 valence electrons. The highest BCUT2D eigenvalue weighted by Gasteiger charge is 2.19. The van der Waals surface area contributed by atoms with E-state index in [4.69, 9.17) is 9.72 Å². The van der Waals surface area contributed by atoms with Crippen molar-refractivity contribution in [2.24, 2.45) is 0 Å². The summed E-state index contributed by atoms with van der Waals surface area (Å²) in [6, 6.07) is 5.98. The van der Waals surface area contributed by atoms with E-state index in [9.17, 15) is 0 Å². The molecule has 3 nitrogen and oxygen atoms in total. The van der Waals surface area contributed by atoms with Gasteiger partial charge in [-0.1, -0.05) is 12.5 Å². The van der Waals surface area contributed by atoms with Crippen LogP contribution in [-0.4, -0.2) is 22.2 Å². The van der Waals surface area contributed by atoms with Crippen LogP contribution in [0.4, 0.5) is 0 Å². The lowest BCUT2D eigenvalue weighted by atomic mass is 10.1. The van der Waals surface area contributed by atoms with Crippen molar-refractivity contribution in [1.82, 2.24) is 9.38 Å². The minimum Gasteiger partial charge on any atom is -0.482 e. The second-order valence-electron chi connectivity index (χ2n) is 4.32. The molecule has 1 aliphatic heterocycles. The molecule has 0 spiro atoms. The van der Waals surface area contributed by atoms with E-state index in [2.05, 4.69) is 6.20 Å². The maximum atomic E-state index is 5.34. The van der Waals surface area contributed by atoms with Crippen molar-refractivity contribution in [3.05, 3.63) is 30.1 Å². The normalized spacial score (nSPS) is 20.6. The van der Waals surface area contributed by atoms with Gasteiger partial charge in [0.25, 0.3) is 0 Å². The van der Waals surface area contributed by atoms with Gasteiger partial charge in [0.2, 0.25) is 0 Å². The van der Waals surface area contributed by atoms with Gasteiger partial charge in [0.15, 0.2) is 5.88 Å². The Bertz CT molecular complexity index is 517. The molecule has 1 saturated heterocycles. The number of hydrogen-bond donors (Lipinski definition) is 0. The molecule has 0 N–H and O–H groups in total. The summed E-state index contributed by atoms with van der Waals surface area (Å²) < 4.78 is 7.38. The van der Waals surface area contributed by atoms with Crippen LogP contribution < -0.4 is 4.74 Å². The average molecular weight is 248 g/mol. The second-order valence-corrected chi connectivity index (χ2v) is 5.63. The fourth-order valence-electron chi connectivity index (χ4n) is 2.30. The molecule has 0 saturated carbocycles. The Labute approximate surface area is 105 Å². The number of ether oxygens (including phenoxy) is 1. The molecule has 0 amide bonds. The third kappa shape index (κ3) is 2.02. The van der Waals surface area contributed by atoms with Crippen LogP contribution in [0.5, 0.6) is 5.88 Å². The Morgan fingerprint density at radius 2 is 2.35 bits per heavy atom. The highest BCUT2D eigenvalue weighted by Crippen LogP contribution is 2.38. The Morgan fingerprint density at radius 1 is 1.41 bits per heavy atom. The number of aromatic nitrogens is 2. The van der Waals surface area contributed by atoms with E-state index >= 15 is 0 Å². The summed E-state index contributed by atoms with van der Waals surface area (Å²) in [7, 11) is 1.70. The summed E-state index contributed by atoms with van der Waals surface area (Å²) in [6.07, 6.45) is 6.04. The van der Waals surface area contributed by atoms with Gasteiger partial charge in [0.05, 0.1) is 12.8 Å². The minimum atomic E-state index is 0.563. The zero-order valence-electron chi connectivity index (χ0n) is 9.93. The fourth-order valence-corrected chi connectivity index (χ4v) is 3.57. The average Bonchev–Trinajstić information content (AvgIpc) is 2.83. The number of imidazole rings is 1. The van der Waals surface area contributed by atoms with Crippen molar-refractivity contribution in [2.45, 2.75) is 24.5 Å². The number of nitrogens with zero attached hydrogens (tertiary/aromatic N) is 2. The molecule has 4 heteroatoms. The Morgan fingerprint density at radius 3 is 3.12 bits per heavy atom. The number of thioether (sulfide) groups is 1. The molecule has 1 unspecified atom stereocenters. The van der Waals surface area contributed by atoms with Crippen LogP contribution in [-0.2, 0) is 0 Å². The lowest BCUT2D eigenvalue weighted by Gasteiger charge is -2.18. The van der Waals surface area contributed by atoms with Crippen LogP contribution in [0, 0.1) is 0 Å². The number of fused-ring (bicyclic) bond motifs is 1. The quantitative estimate of drug-likeness (QED) is 0.815. The van der Waals surface area contributed by atoms with Gasteiger partial charge in [-0.15, -0.1) is 0 Å². The SMILES string of the molecule is COc1cccc2nc(C3CCCCS3)cn12. The Hall–Kier alpha value is -1.16. The van der Waals surface area contributed by atoms with Crippen LogP contribution in [0.25, 0.3) is 5.65 Å². The van der Waals surface area contributed by atoms with Crippen LogP contribution in [0.15, 0.2) is 24.4 Å². The maximum absolute atomic E-state index is 5.34. The topological polar surface area (TPSA) is 26.5 Å². The minimum absolute atomic E-state index is 0.563. The third-order valence-electron chi connectivity index (χ3n) is 3.19. The highest BCUT2D eigenvalue weighted by molar-refractivity contribution is 7.99. The first-order valence-electron chi connectivity index (χ1n) is 6.02. The van der Waals surface area contributed by atoms with Gasteiger partial charge >= 0.3 is 0 Å². The molecule has 0 aromatic carbocycles. The van der Waals surface area contributed by atoms with Gasteiger partial charge < -0.3 is 4.74 Å².